The largest absolute Gasteiger partial charge is 0.502 e. The molecule has 2 aromatic heterocycles. The average molecular weight is 402 g/mol. The third-order valence-corrected chi connectivity index (χ3v) is 6.96. The topological polar surface area (TPSA) is 68.6 Å². The standard InChI is InChI=1S/C19H27BN4O3S/c1-18(2)19(3,4)27-20(26-18)15-13(8-10-24(6)16(15)25)22-17-21-12-7-9-23(5)11-14(12)28-17/h8,10H,7,9,11H2,1-6H3,(H,21,22). The lowest BCUT2D eigenvalue weighted by atomic mass is 9.78. The van der Waals surface area contributed by atoms with E-state index in [1.807, 2.05) is 33.8 Å². The SMILES string of the molecule is CN1CCc2nc(Nc3ccn(C)c(=O)c3B3OC(C)(C)C(C)(C)O3)sc2C1. The van der Waals surface area contributed by atoms with Crippen LogP contribution in [0.2, 0.25) is 0 Å². The second-order valence-corrected chi connectivity index (χ2v) is 9.73. The predicted octanol–water partition coefficient (Wildman–Crippen LogP) is 1.87. The highest BCUT2D eigenvalue weighted by Gasteiger charge is 2.53. The first-order valence-corrected chi connectivity index (χ1v) is 10.4. The molecule has 1 saturated heterocycles. The van der Waals surface area contributed by atoms with Crippen molar-refractivity contribution in [2.75, 3.05) is 18.9 Å². The monoisotopic (exact) mass is 402 g/mol. The van der Waals surface area contributed by atoms with E-state index in [1.54, 1.807) is 29.1 Å². The Morgan fingerprint density at radius 2 is 1.89 bits per heavy atom. The van der Waals surface area contributed by atoms with Crippen molar-refractivity contribution in [3.8, 4) is 0 Å². The molecule has 1 N–H and O–H groups in total. The van der Waals surface area contributed by atoms with Crippen molar-refractivity contribution in [2.24, 2.45) is 7.05 Å². The number of nitrogens with one attached hydrogen (secondary N) is 1. The fourth-order valence-electron chi connectivity index (χ4n) is 3.44. The summed E-state index contributed by atoms with van der Waals surface area (Å²) in [5.41, 5.74) is 1.15. The molecule has 9 heteroatoms. The minimum atomic E-state index is -0.729. The number of rotatable bonds is 3. The normalized spacial score (nSPS) is 21.0. The Morgan fingerprint density at radius 1 is 1.21 bits per heavy atom. The van der Waals surface area contributed by atoms with Crippen LogP contribution in [0.15, 0.2) is 17.1 Å². The highest BCUT2D eigenvalue weighted by molar-refractivity contribution is 7.15. The summed E-state index contributed by atoms with van der Waals surface area (Å²) in [6, 6.07) is 1.88. The number of fused-ring (bicyclic) bond motifs is 1. The van der Waals surface area contributed by atoms with Crippen LogP contribution in [0.5, 0.6) is 0 Å². The maximum Gasteiger partial charge on any atom is 0.502 e. The number of anilines is 2. The zero-order valence-electron chi connectivity index (χ0n) is 17.3. The van der Waals surface area contributed by atoms with Crippen molar-refractivity contribution < 1.29 is 9.31 Å². The number of likely N-dealkylation sites (N-methyl/N-ethyl adjacent to an activating group) is 1. The van der Waals surface area contributed by atoms with Gasteiger partial charge in [0.1, 0.15) is 0 Å². The molecule has 0 aliphatic carbocycles. The molecule has 1 fully saturated rings. The van der Waals surface area contributed by atoms with Crippen molar-refractivity contribution >= 4 is 34.7 Å². The zero-order chi connectivity index (χ0) is 20.3. The molecular formula is C19H27BN4O3S. The van der Waals surface area contributed by atoms with E-state index in [2.05, 4.69) is 17.3 Å². The Kier molecular flexibility index (Phi) is 4.69. The van der Waals surface area contributed by atoms with Crippen LogP contribution in [0.25, 0.3) is 0 Å². The van der Waals surface area contributed by atoms with Gasteiger partial charge in [-0.25, -0.2) is 4.98 Å². The summed E-state index contributed by atoms with van der Waals surface area (Å²) in [6.45, 7) is 9.87. The Morgan fingerprint density at radius 3 is 2.57 bits per heavy atom. The van der Waals surface area contributed by atoms with E-state index in [9.17, 15) is 4.79 Å². The van der Waals surface area contributed by atoms with E-state index in [-0.39, 0.29) is 5.56 Å². The van der Waals surface area contributed by atoms with Gasteiger partial charge in [-0.05, 0) is 40.8 Å². The van der Waals surface area contributed by atoms with Crippen molar-refractivity contribution in [1.29, 1.82) is 0 Å². The molecule has 4 heterocycles. The van der Waals surface area contributed by atoms with Gasteiger partial charge in [0.15, 0.2) is 5.13 Å². The number of thiazole rings is 1. The van der Waals surface area contributed by atoms with Crippen LogP contribution in [0.3, 0.4) is 0 Å². The molecule has 2 aliphatic rings. The van der Waals surface area contributed by atoms with Gasteiger partial charge in [0.25, 0.3) is 5.56 Å². The summed E-state index contributed by atoms with van der Waals surface area (Å²) in [5, 5.41) is 4.16. The highest BCUT2D eigenvalue weighted by atomic mass is 32.1. The van der Waals surface area contributed by atoms with E-state index in [1.165, 1.54) is 4.88 Å². The zero-order valence-corrected chi connectivity index (χ0v) is 18.1. The molecule has 0 saturated carbocycles. The van der Waals surface area contributed by atoms with Crippen LogP contribution in [-0.4, -0.2) is 46.4 Å². The second-order valence-electron chi connectivity index (χ2n) is 8.65. The van der Waals surface area contributed by atoms with Gasteiger partial charge in [-0.15, -0.1) is 11.3 Å². The Bertz CT molecular complexity index is 953. The molecule has 150 valence electrons. The minimum absolute atomic E-state index is 0.135. The quantitative estimate of drug-likeness (QED) is 0.791. The van der Waals surface area contributed by atoms with Crippen LogP contribution in [0.4, 0.5) is 10.8 Å². The second kappa shape index (κ2) is 6.69. The lowest BCUT2D eigenvalue weighted by Gasteiger charge is -2.32. The van der Waals surface area contributed by atoms with Gasteiger partial charge < -0.3 is 24.1 Å². The van der Waals surface area contributed by atoms with E-state index in [0.717, 1.165) is 30.3 Å². The molecular weight excluding hydrogens is 375 g/mol. The van der Waals surface area contributed by atoms with Crippen LogP contribution < -0.4 is 16.3 Å². The first-order valence-electron chi connectivity index (χ1n) is 9.57. The van der Waals surface area contributed by atoms with Gasteiger partial charge in [-0.2, -0.15) is 0 Å². The number of pyridine rings is 1. The minimum Gasteiger partial charge on any atom is -0.399 e. The first-order chi connectivity index (χ1) is 13.1. The molecule has 4 rings (SSSR count). The van der Waals surface area contributed by atoms with Gasteiger partial charge in [-0.3, -0.25) is 4.79 Å². The van der Waals surface area contributed by atoms with Gasteiger partial charge in [0.2, 0.25) is 0 Å². The maximum atomic E-state index is 13.0. The smallest absolute Gasteiger partial charge is 0.399 e. The summed E-state index contributed by atoms with van der Waals surface area (Å²) >= 11 is 1.64. The predicted molar refractivity (Wildman–Crippen MR) is 113 cm³/mol. The van der Waals surface area contributed by atoms with Crippen molar-refractivity contribution in [3.05, 3.63) is 33.2 Å². The van der Waals surface area contributed by atoms with Crippen LogP contribution in [0.1, 0.15) is 38.3 Å². The fraction of sp³-hybridized carbons (Fsp3) is 0.579. The fourth-order valence-corrected chi connectivity index (χ4v) is 4.54. The number of nitrogens with zero attached hydrogens (tertiary/aromatic N) is 3. The van der Waals surface area contributed by atoms with E-state index in [4.69, 9.17) is 14.3 Å². The molecule has 2 aromatic rings. The number of hydrogen-bond acceptors (Lipinski definition) is 7. The van der Waals surface area contributed by atoms with Crippen LogP contribution >= 0.6 is 11.3 Å². The Hall–Kier alpha value is -1.68. The molecule has 0 aromatic carbocycles. The molecule has 7 nitrogen and oxygen atoms in total. The molecule has 0 radical (unpaired) electrons. The first kappa shape index (κ1) is 19.6. The third kappa shape index (κ3) is 3.30. The maximum absolute atomic E-state index is 13.0. The van der Waals surface area contributed by atoms with E-state index in [0.29, 0.717) is 11.2 Å². The average Bonchev–Trinajstić information content (AvgIpc) is 3.07. The van der Waals surface area contributed by atoms with Crippen molar-refractivity contribution in [2.45, 2.75) is 51.9 Å². The number of aryl methyl sites for hydroxylation is 1. The third-order valence-electron chi connectivity index (χ3n) is 5.96. The van der Waals surface area contributed by atoms with Crippen molar-refractivity contribution in [1.82, 2.24) is 14.5 Å². The summed E-state index contributed by atoms with van der Waals surface area (Å²) in [5.74, 6) is 0. The van der Waals surface area contributed by atoms with Gasteiger partial charge in [0, 0.05) is 43.3 Å². The summed E-state index contributed by atoms with van der Waals surface area (Å²) in [6.07, 6.45) is 2.70. The van der Waals surface area contributed by atoms with Gasteiger partial charge in [-0.1, -0.05) is 0 Å². The van der Waals surface area contributed by atoms with E-state index >= 15 is 0 Å². The molecule has 2 aliphatic heterocycles. The molecule has 0 bridgehead atoms. The summed E-state index contributed by atoms with van der Waals surface area (Å²) in [7, 11) is 3.12. The number of hydrogen-bond donors (Lipinski definition) is 1. The van der Waals surface area contributed by atoms with Crippen LogP contribution in [0, 0.1) is 0 Å². The molecule has 0 amide bonds. The highest BCUT2D eigenvalue weighted by Crippen LogP contribution is 2.37. The van der Waals surface area contributed by atoms with Crippen molar-refractivity contribution in [3.63, 3.8) is 0 Å². The lowest BCUT2D eigenvalue weighted by Crippen LogP contribution is -2.48. The summed E-state index contributed by atoms with van der Waals surface area (Å²) in [4.78, 5) is 21.3. The van der Waals surface area contributed by atoms with Gasteiger partial charge >= 0.3 is 7.12 Å². The Balaban J connectivity index is 1.70. The lowest BCUT2D eigenvalue weighted by molar-refractivity contribution is 0.00578. The number of aromatic nitrogens is 2. The van der Waals surface area contributed by atoms with Gasteiger partial charge in [0.05, 0.1) is 22.4 Å². The molecule has 28 heavy (non-hydrogen) atoms. The van der Waals surface area contributed by atoms with Crippen LogP contribution in [-0.2, 0) is 29.3 Å². The molecule has 0 atom stereocenters. The molecule has 0 spiro atoms. The Labute approximate surface area is 169 Å². The molecule has 0 unspecified atom stereocenters. The summed E-state index contributed by atoms with van der Waals surface area (Å²) < 4.78 is 13.9. The van der Waals surface area contributed by atoms with E-state index < -0.39 is 18.3 Å².